The maximum Gasteiger partial charge on any atom is 0.165 e. The molecule has 0 radical (unpaired) electrons. The summed E-state index contributed by atoms with van der Waals surface area (Å²) in [6.07, 6.45) is -0.280. The van der Waals surface area contributed by atoms with E-state index < -0.39 is 0 Å². The topological polar surface area (TPSA) is 35.9 Å². The van der Waals surface area contributed by atoms with E-state index in [1.807, 2.05) is 13.0 Å². The van der Waals surface area contributed by atoms with E-state index in [4.69, 9.17) is 4.74 Å². The maximum atomic E-state index is 13.6. The second-order valence-corrected chi connectivity index (χ2v) is 5.39. The highest BCUT2D eigenvalue weighted by Crippen LogP contribution is 2.19. The molecule has 112 valence electrons. The zero-order valence-corrected chi connectivity index (χ0v) is 12.2. The molecule has 1 atom stereocenters. The SMILES string of the molecule is COc1ccc(CN2CCN(CC(C)O)CC2)cc1F. The van der Waals surface area contributed by atoms with Gasteiger partial charge in [-0.2, -0.15) is 0 Å². The second-order valence-electron chi connectivity index (χ2n) is 5.39. The first-order valence-electron chi connectivity index (χ1n) is 7.03. The highest BCUT2D eigenvalue weighted by atomic mass is 19.1. The lowest BCUT2D eigenvalue weighted by Gasteiger charge is -2.35. The third kappa shape index (κ3) is 4.16. The molecule has 1 aliphatic heterocycles. The summed E-state index contributed by atoms with van der Waals surface area (Å²) in [6.45, 7) is 7.08. The molecule has 1 heterocycles. The molecule has 1 N–H and O–H groups in total. The van der Waals surface area contributed by atoms with Gasteiger partial charge in [-0.1, -0.05) is 6.07 Å². The van der Waals surface area contributed by atoms with Crippen molar-refractivity contribution in [2.45, 2.75) is 19.6 Å². The molecule has 1 unspecified atom stereocenters. The van der Waals surface area contributed by atoms with Crippen LogP contribution in [-0.2, 0) is 6.54 Å². The minimum absolute atomic E-state index is 0.280. The Morgan fingerprint density at radius 2 is 1.90 bits per heavy atom. The average molecular weight is 282 g/mol. The van der Waals surface area contributed by atoms with Crippen molar-refractivity contribution in [2.24, 2.45) is 0 Å². The van der Waals surface area contributed by atoms with Gasteiger partial charge < -0.3 is 9.84 Å². The van der Waals surface area contributed by atoms with Crippen molar-refractivity contribution in [1.82, 2.24) is 9.80 Å². The van der Waals surface area contributed by atoms with Crippen LogP contribution in [0.25, 0.3) is 0 Å². The van der Waals surface area contributed by atoms with Crippen molar-refractivity contribution in [2.75, 3.05) is 39.8 Å². The Kier molecular flexibility index (Phi) is 5.34. The van der Waals surface area contributed by atoms with Crippen LogP contribution in [0, 0.1) is 5.82 Å². The molecule has 0 saturated carbocycles. The van der Waals surface area contributed by atoms with Crippen molar-refractivity contribution < 1.29 is 14.2 Å². The summed E-state index contributed by atoms with van der Waals surface area (Å²) in [7, 11) is 1.47. The summed E-state index contributed by atoms with van der Waals surface area (Å²) in [5, 5.41) is 9.38. The summed E-state index contributed by atoms with van der Waals surface area (Å²) in [5.74, 6) is -0.0201. The van der Waals surface area contributed by atoms with E-state index in [1.165, 1.54) is 7.11 Å². The van der Waals surface area contributed by atoms with E-state index in [0.29, 0.717) is 0 Å². The number of ether oxygens (including phenoxy) is 1. The van der Waals surface area contributed by atoms with E-state index in [9.17, 15) is 9.50 Å². The molecule has 1 aliphatic rings. The van der Waals surface area contributed by atoms with E-state index in [2.05, 4.69) is 9.80 Å². The number of aliphatic hydroxyl groups is 1. The predicted octanol–water partition coefficient (Wildman–Crippen LogP) is 1.33. The first-order valence-corrected chi connectivity index (χ1v) is 7.03. The zero-order chi connectivity index (χ0) is 14.5. The Bertz CT molecular complexity index is 432. The van der Waals surface area contributed by atoms with E-state index in [0.717, 1.165) is 44.8 Å². The van der Waals surface area contributed by atoms with Crippen LogP contribution in [0.15, 0.2) is 18.2 Å². The number of methoxy groups -OCH3 is 1. The Morgan fingerprint density at radius 1 is 1.25 bits per heavy atom. The van der Waals surface area contributed by atoms with Gasteiger partial charge in [-0.25, -0.2) is 4.39 Å². The fraction of sp³-hybridized carbons (Fsp3) is 0.600. The largest absolute Gasteiger partial charge is 0.494 e. The third-order valence-corrected chi connectivity index (χ3v) is 3.61. The minimum Gasteiger partial charge on any atom is -0.494 e. The molecule has 0 amide bonds. The predicted molar refractivity (Wildman–Crippen MR) is 76.3 cm³/mol. The quantitative estimate of drug-likeness (QED) is 0.884. The van der Waals surface area contributed by atoms with Gasteiger partial charge in [0.2, 0.25) is 0 Å². The van der Waals surface area contributed by atoms with Gasteiger partial charge in [-0.05, 0) is 24.6 Å². The van der Waals surface area contributed by atoms with Crippen molar-refractivity contribution in [3.63, 3.8) is 0 Å². The molecule has 0 bridgehead atoms. The molecule has 0 spiro atoms. The van der Waals surface area contributed by atoms with Gasteiger partial charge >= 0.3 is 0 Å². The fourth-order valence-electron chi connectivity index (χ4n) is 2.57. The van der Waals surface area contributed by atoms with Gasteiger partial charge in [0.05, 0.1) is 13.2 Å². The lowest BCUT2D eigenvalue weighted by molar-refractivity contribution is 0.0780. The molecular weight excluding hydrogens is 259 g/mol. The lowest BCUT2D eigenvalue weighted by Crippen LogP contribution is -2.47. The number of hydrogen-bond acceptors (Lipinski definition) is 4. The number of benzene rings is 1. The Labute approximate surface area is 119 Å². The van der Waals surface area contributed by atoms with Crippen molar-refractivity contribution in [3.05, 3.63) is 29.6 Å². The van der Waals surface area contributed by atoms with Crippen LogP contribution in [-0.4, -0.2) is 60.8 Å². The van der Waals surface area contributed by atoms with Crippen molar-refractivity contribution in [3.8, 4) is 5.75 Å². The summed E-state index contributed by atoms with van der Waals surface area (Å²) in [6, 6.07) is 5.12. The number of piperazine rings is 1. The number of nitrogens with zero attached hydrogens (tertiary/aromatic N) is 2. The molecule has 4 nitrogen and oxygen atoms in total. The summed E-state index contributed by atoms with van der Waals surface area (Å²) >= 11 is 0. The number of rotatable bonds is 5. The van der Waals surface area contributed by atoms with Crippen molar-refractivity contribution in [1.29, 1.82) is 0 Å². The van der Waals surface area contributed by atoms with Crippen LogP contribution in [0.3, 0.4) is 0 Å². The molecule has 1 aromatic rings. The van der Waals surface area contributed by atoms with Crippen LogP contribution in [0.5, 0.6) is 5.75 Å². The van der Waals surface area contributed by atoms with Crippen LogP contribution >= 0.6 is 0 Å². The average Bonchev–Trinajstić information content (AvgIpc) is 2.41. The first-order chi connectivity index (χ1) is 9.58. The lowest BCUT2D eigenvalue weighted by atomic mass is 10.1. The summed E-state index contributed by atoms with van der Waals surface area (Å²) in [5.41, 5.74) is 0.965. The first kappa shape index (κ1) is 15.2. The smallest absolute Gasteiger partial charge is 0.165 e. The highest BCUT2D eigenvalue weighted by molar-refractivity contribution is 5.29. The molecule has 0 aliphatic carbocycles. The van der Waals surface area contributed by atoms with E-state index >= 15 is 0 Å². The summed E-state index contributed by atoms with van der Waals surface area (Å²) in [4.78, 5) is 4.57. The molecule has 1 saturated heterocycles. The van der Waals surface area contributed by atoms with Gasteiger partial charge in [-0.3, -0.25) is 9.80 Å². The number of β-amino-alcohol motifs (C(OH)–C–C–N with tert-alkyl or cyclic N) is 1. The van der Waals surface area contributed by atoms with Gasteiger partial charge in [0, 0.05) is 39.3 Å². The fourth-order valence-corrected chi connectivity index (χ4v) is 2.57. The maximum absolute atomic E-state index is 13.6. The molecule has 2 rings (SSSR count). The molecule has 1 aromatic carbocycles. The molecule has 5 heteroatoms. The Balaban J connectivity index is 1.85. The highest BCUT2D eigenvalue weighted by Gasteiger charge is 2.18. The van der Waals surface area contributed by atoms with Gasteiger partial charge in [0.15, 0.2) is 11.6 Å². The molecular formula is C15H23FN2O2. The van der Waals surface area contributed by atoms with Crippen molar-refractivity contribution >= 4 is 0 Å². The molecule has 20 heavy (non-hydrogen) atoms. The third-order valence-electron chi connectivity index (χ3n) is 3.61. The summed E-state index contributed by atoms with van der Waals surface area (Å²) < 4.78 is 18.6. The molecule has 0 aromatic heterocycles. The standard InChI is InChI=1S/C15H23FN2O2/c1-12(19)10-17-5-7-18(8-6-17)11-13-3-4-15(20-2)14(16)9-13/h3-4,9,12,19H,5-8,10-11H2,1-2H3. The monoisotopic (exact) mass is 282 g/mol. The number of hydrogen-bond donors (Lipinski definition) is 1. The number of halogens is 1. The van der Waals surface area contributed by atoms with Crippen LogP contribution in [0.2, 0.25) is 0 Å². The van der Waals surface area contributed by atoms with Crippen LogP contribution in [0.4, 0.5) is 4.39 Å². The minimum atomic E-state index is -0.308. The Hall–Kier alpha value is -1.17. The van der Waals surface area contributed by atoms with Crippen LogP contribution in [0.1, 0.15) is 12.5 Å². The normalized spacial score (nSPS) is 19.0. The Morgan fingerprint density at radius 3 is 2.45 bits per heavy atom. The molecule has 1 fully saturated rings. The van der Waals surface area contributed by atoms with Gasteiger partial charge in [-0.15, -0.1) is 0 Å². The van der Waals surface area contributed by atoms with E-state index in [1.54, 1.807) is 12.1 Å². The van der Waals surface area contributed by atoms with Crippen LogP contribution < -0.4 is 4.74 Å². The number of aliphatic hydroxyl groups excluding tert-OH is 1. The van der Waals surface area contributed by atoms with E-state index in [-0.39, 0.29) is 17.7 Å². The second kappa shape index (κ2) is 7.02. The van der Waals surface area contributed by atoms with Gasteiger partial charge in [0.1, 0.15) is 0 Å². The zero-order valence-electron chi connectivity index (χ0n) is 12.2. The van der Waals surface area contributed by atoms with Gasteiger partial charge in [0.25, 0.3) is 0 Å².